The van der Waals surface area contributed by atoms with E-state index in [1.165, 1.54) is 11.8 Å². The third-order valence-corrected chi connectivity index (χ3v) is 1.89. The predicted octanol–water partition coefficient (Wildman–Crippen LogP) is 1.95. The van der Waals surface area contributed by atoms with Crippen LogP contribution in [0.1, 0.15) is 13.8 Å². The van der Waals surface area contributed by atoms with Crippen molar-refractivity contribution in [1.29, 1.82) is 5.26 Å². The van der Waals surface area contributed by atoms with E-state index in [1.54, 1.807) is 6.92 Å². The van der Waals surface area contributed by atoms with Crippen molar-refractivity contribution >= 4 is 28.4 Å². The number of thiocarbonyl (C=S) groups is 1. The maximum Gasteiger partial charge on any atom is 0.221 e. The van der Waals surface area contributed by atoms with E-state index in [1.807, 2.05) is 13.0 Å². The molecule has 0 aliphatic carbocycles. The number of hydrogen-bond donors (Lipinski definition) is 0. The van der Waals surface area contributed by atoms with E-state index >= 15 is 0 Å². The Morgan fingerprint density at radius 3 is 2.90 bits per heavy atom. The standard InChI is InChI=1S/C6H9NOS2/c1-3-8-6(9)10-5(2)4-7/h5H,3H2,1-2H3. The maximum absolute atomic E-state index is 8.37. The molecule has 0 aromatic rings. The first-order valence-corrected chi connectivity index (χ1v) is 4.22. The lowest BCUT2D eigenvalue weighted by Gasteiger charge is -2.03. The fourth-order valence-electron chi connectivity index (χ4n) is 0.323. The molecule has 0 aromatic carbocycles. The van der Waals surface area contributed by atoms with Crippen LogP contribution < -0.4 is 0 Å². The molecule has 0 amide bonds. The topological polar surface area (TPSA) is 33.0 Å². The highest BCUT2D eigenvalue weighted by molar-refractivity contribution is 8.23. The van der Waals surface area contributed by atoms with Crippen molar-refractivity contribution in [2.75, 3.05) is 6.61 Å². The SMILES string of the molecule is CCOC(=S)SC(C)C#N. The lowest BCUT2D eigenvalue weighted by Crippen LogP contribution is -2.01. The van der Waals surface area contributed by atoms with Crippen molar-refractivity contribution in [3.8, 4) is 6.07 Å². The summed E-state index contributed by atoms with van der Waals surface area (Å²) in [6.07, 6.45) is 0. The monoisotopic (exact) mass is 175 g/mol. The van der Waals surface area contributed by atoms with E-state index in [9.17, 15) is 0 Å². The highest BCUT2D eigenvalue weighted by Crippen LogP contribution is 2.12. The van der Waals surface area contributed by atoms with Crippen LogP contribution in [0.15, 0.2) is 0 Å². The number of thioether (sulfide) groups is 1. The van der Waals surface area contributed by atoms with Gasteiger partial charge in [-0.3, -0.25) is 0 Å². The lowest BCUT2D eigenvalue weighted by atomic mass is 10.5. The molecule has 0 fully saturated rings. The van der Waals surface area contributed by atoms with Crippen molar-refractivity contribution in [2.24, 2.45) is 0 Å². The van der Waals surface area contributed by atoms with Crippen molar-refractivity contribution in [2.45, 2.75) is 19.1 Å². The van der Waals surface area contributed by atoms with Crippen LogP contribution in [0.25, 0.3) is 0 Å². The van der Waals surface area contributed by atoms with Gasteiger partial charge < -0.3 is 4.74 Å². The zero-order valence-corrected chi connectivity index (χ0v) is 7.59. The van der Waals surface area contributed by atoms with Gasteiger partial charge in [0.25, 0.3) is 0 Å². The van der Waals surface area contributed by atoms with Crippen molar-refractivity contribution < 1.29 is 4.74 Å². The van der Waals surface area contributed by atoms with Gasteiger partial charge in [-0.05, 0) is 26.1 Å². The van der Waals surface area contributed by atoms with E-state index in [-0.39, 0.29) is 5.25 Å². The van der Waals surface area contributed by atoms with Crippen LogP contribution in [0.5, 0.6) is 0 Å². The molecule has 0 saturated carbocycles. The minimum atomic E-state index is -0.112. The third-order valence-electron chi connectivity index (χ3n) is 0.717. The van der Waals surface area contributed by atoms with Crippen LogP contribution in [0.2, 0.25) is 0 Å². The van der Waals surface area contributed by atoms with Gasteiger partial charge in [0.15, 0.2) is 0 Å². The zero-order valence-electron chi connectivity index (χ0n) is 5.96. The largest absolute Gasteiger partial charge is 0.479 e. The normalized spacial score (nSPS) is 11.7. The molecule has 56 valence electrons. The van der Waals surface area contributed by atoms with E-state index in [4.69, 9.17) is 22.2 Å². The fraction of sp³-hybridized carbons (Fsp3) is 0.667. The Morgan fingerprint density at radius 2 is 2.50 bits per heavy atom. The molecule has 0 N–H and O–H groups in total. The molecular weight excluding hydrogens is 166 g/mol. The number of nitriles is 1. The Balaban J connectivity index is 3.49. The lowest BCUT2D eigenvalue weighted by molar-refractivity contribution is 0.346. The van der Waals surface area contributed by atoms with E-state index in [0.717, 1.165) is 0 Å². The number of hydrogen-bond acceptors (Lipinski definition) is 4. The Labute approximate surface area is 70.6 Å². The number of ether oxygens (including phenoxy) is 1. The summed E-state index contributed by atoms with van der Waals surface area (Å²) >= 11 is 6.06. The quantitative estimate of drug-likeness (QED) is 0.601. The van der Waals surface area contributed by atoms with Crippen LogP contribution in [-0.2, 0) is 4.74 Å². The van der Waals surface area contributed by atoms with Gasteiger partial charge in [0.2, 0.25) is 4.38 Å². The maximum atomic E-state index is 8.37. The van der Waals surface area contributed by atoms with Gasteiger partial charge in [-0.2, -0.15) is 5.26 Å². The van der Waals surface area contributed by atoms with Gasteiger partial charge in [-0.25, -0.2) is 0 Å². The van der Waals surface area contributed by atoms with Gasteiger partial charge >= 0.3 is 0 Å². The van der Waals surface area contributed by atoms with Gasteiger partial charge in [0.05, 0.1) is 17.9 Å². The summed E-state index contributed by atoms with van der Waals surface area (Å²) in [5, 5.41) is 8.25. The van der Waals surface area contributed by atoms with Crippen molar-refractivity contribution in [3.63, 3.8) is 0 Å². The second kappa shape index (κ2) is 5.51. The Hall–Kier alpha value is -0.270. The average molecular weight is 175 g/mol. The Bertz CT molecular complexity index is 152. The first-order chi connectivity index (χ1) is 4.70. The summed E-state index contributed by atoms with van der Waals surface area (Å²) in [7, 11) is 0. The Morgan fingerprint density at radius 1 is 1.90 bits per heavy atom. The van der Waals surface area contributed by atoms with Crippen molar-refractivity contribution in [1.82, 2.24) is 0 Å². The summed E-state index contributed by atoms with van der Waals surface area (Å²) in [4.78, 5) is 0. The minimum absolute atomic E-state index is 0.112. The molecule has 2 nitrogen and oxygen atoms in total. The molecule has 0 aliphatic rings. The van der Waals surface area contributed by atoms with Crippen molar-refractivity contribution in [3.05, 3.63) is 0 Å². The summed E-state index contributed by atoms with van der Waals surface area (Å²) in [5.74, 6) is 0. The summed E-state index contributed by atoms with van der Waals surface area (Å²) < 4.78 is 5.41. The minimum Gasteiger partial charge on any atom is -0.479 e. The molecule has 0 bridgehead atoms. The van der Waals surface area contributed by atoms with Gasteiger partial charge in [0, 0.05) is 0 Å². The molecule has 1 unspecified atom stereocenters. The Kier molecular flexibility index (Phi) is 5.36. The first kappa shape index (κ1) is 9.73. The molecule has 0 aliphatic heterocycles. The molecule has 0 rings (SSSR count). The molecule has 10 heavy (non-hydrogen) atoms. The first-order valence-electron chi connectivity index (χ1n) is 2.93. The van der Waals surface area contributed by atoms with E-state index in [2.05, 4.69) is 0 Å². The zero-order chi connectivity index (χ0) is 7.98. The number of rotatable bonds is 2. The van der Waals surface area contributed by atoms with Crippen LogP contribution in [0.3, 0.4) is 0 Å². The predicted molar refractivity (Wildman–Crippen MR) is 46.9 cm³/mol. The third kappa shape index (κ3) is 4.59. The molecular formula is C6H9NOS2. The van der Waals surface area contributed by atoms with Crippen LogP contribution in [-0.4, -0.2) is 16.2 Å². The summed E-state index contributed by atoms with van der Waals surface area (Å²) in [5.41, 5.74) is 0. The molecule has 0 heterocycles. The van der Waals surface area contributed by atoms with E-state index in [0.29, 0.717) is 11.0 Å². The smallest absolute Gasteiger partial charge is 0.221 e. The van der Waals surface area contributed by atoms with Crippen LogP contribution in [0, 0.1) is 11.3 Å². The number of nitrogens with zero attached hydrogens (tertiary/aromatic N) is 1. The van der Waals surface area contributed by atoms with Gasteiger partial charge in [-0.1, -0.05) is 11.8 Å². The fourth-order valence-corrected chi connectivity index (χ4v) is 1.40. The molecule has 0 radical (unpaired) electrons. The highest BCUT2D eigenvalue weighted by atomic mass is 32.2. The van der Waals surface area contributed by atoms with Crippen LogP contribution >= 0.6 is 24.0 Å². The molecule has 0 aromatic heterocycles. The summed E-state index contributed by atoms with van der Waals surface area (Å²) in [6.45, 7) is 4.23. The molecule has 0 saturated heterocycles. The van der Waals surface area contributed by atoms with Gasteiger partial charge in [-0.15, -0.1) is 0 Å². The summed E-state index contributed by atoms with van der Waals surface area (Å²) in [6, 6.07) is 2.05. The highest BCUT2D eigenvalue weighted by Gasteiger charge is 2.04. The molecule has 4 heteroatoms. The second-order valence-corrected chi connectivity index (χ2v) is 3.52. The van der Waals surface area contributed by atoms with E-state index < -0.39 is 0 Å². The molecule has 1 atom stereocenters. The van der Waals surface area contributed by atoms with Crippen LogP contribution in [0.4, 0.5) is 0 Å². The molecule has 0 spiro atoms. The average Bonchev–Trinajstić information content (AvgIpc) is 1.88. The second-order valence-electron chi connectivity index (χ2n) is 1.57. The van der Waals surface area contributed by atoms with Gasteiger partial charge in [0.1, 0.15) is 0 Å².